The fourth-order valence-corrected chi connectivity index (χ4v) is 3.12. The molecule has 2 fully saturated rings. The molecule has 0 aromatic carbocycles. The molecule has 3 rings (SSSR count). The Hall–Kier alpha value is -1.78. The highest BCUT2D eigenvalue weighted by atomic mass is 16.3. The molecule has 2 amide bonds. The average Bonchev–Trinajstić information content (AvgIpc) is 2.89. The molecule has 1 N–H and O–H groups in total. The van der Waals surface area contributed by atoms with Crippen LogP contribution in [0.4, 0.5) is 0 Å². The molecule has 0 atom stereocenters. The van der Waals surface area contributed by atoms with Gasteiger partial charge in [-0.15, -0.1) is 0 Å². The van der Waals surface area contributed by atoms with Crippen molar-refractivity contribution in [1.82, 2.24) is 10.2 Å². The summed E-state index contributed by atoms with van der Waals surface area (Å²) in [7, 11) is 0. The van der Waals surface area contributed by atoms with Gasteiger partial charge < -0.3 is 14.6 Å². The smallest absolute Gasteiger partial charge is 0.249 e. The number of carbonyl (C=O) groups excluding carboxylic acids is 2. The van der Waals surface area contributed by atoms with Crippen molar-refractivity contribution in [2.24, 2.45) is 0 Å². The Labute approximate surface area is 111 Å². The maximum Gasteiger partial charge on any atom is 0.249 e. The fraction of sp³-hybridized carbons (Fsp3) is 0.571. The summed E-state index contributed by atoms with van der Waals surface area (Å²) in [6, 6.07) is 3.62. The van der Waals surface area contributed by atoms with Crippen molar-refractivity contribution in [2.75, 3.05) is 6.54 Å². The van der Waals surface area contributed by atoms with Crippen LogP contribution in [0.15, 0.2) is 22.8 Å². The zero-order chi connectivity index (χ0) is 13.3. The summed E-state index contributed by atoms with van der Waals surface area (Å²) >= 11 is 0. The van der Waals surface area contributed by atoms with Gasteiger partial charge >= 0.3 is 0 Å². The van der Waals surface area contributed by atoms with Crippen molar-refractivity contribution >= 4 is 11.8 Å². The molecule has 5 nitrogen and oxygen atoms in total. The number of rotatable bonds is 2. The highest BCUT2D eigenvalue weighted by Gasteiger charge is 2.46. The minimum absolute atomic E-state index is 0.0446. The molecule has 0 bridgehead atoms. The van der Waals surface area contributed by atoms with E-state index in [4.69, 9.17) is 4.42 Å². The third-order valence-corrected chi connectivity index (χ3v) is 4.04. The number of hydrogen-bond donors (Lipinski definition) is 1. The van der Waals surface area contributed by atoms with Crippen LogP contribution in [-0.2, 0) is 16.1 Å². The van der Waals surface area contributed by atoms with Gasteiger partial charge in [0.1, 0.15) is 17.8 Å². The maximum absolute atomic E-state index is 12.6. The monoisotopic (exact) mass is 262 g/mol. The van der Waals surface area contributed by atoms with Gasteiger partial charge in [-0.3, -0.25) is 9.59 Å². The summed E-state index contributed by atoms with van der Waals surface area (Å²) in [5.74, 6) is 0.699. The summed E-state index contributed by atoms with van der Waals surface area (Å²) in [6.07, 6.45) is 6.24. The van der Waals surface area contributed by atoms with Crippen LogP contribution in [-0.4, -0.2) is 28.8 Å². The van der Waals surface area contributed by atoms with Crippen molar-refractivity contribution in [2.45, 2.75) is 44.2 Å². The fourth-order valence-electron chi connectivity index (χ4n) is 3.12. The van der Waals surface area contributed by atoms with Crippen LogP contribution >= 0.6 is 0 Å². The van der Waals surface area contributed by atoms with Gasteiger partial charge in [-0.2, -0.15) is 0 Å². The van der Waals surface area contributed by atoms with Crippen LogP contribution in [0, 0.1) is 0 Å². The van der Waals surface area contributed by atoms with E-state index < -0.39 is 5.54 Å². The molecule has 1 spiro atoms. The molecule has 0 unspecified atom stereocenters. The first kappa shape index (κ1) is 12.3. The topological polar surface area (TPSA) is 62.6 Å². The Bertz CT molecular complexity index is 475. The van der Waals surface area contributed by atoms with Crippen molar-refractivity contribution in [1.29, 1.82) is 0 Å². The Balaban J connectivity index is 1.80. The van der Waals surface area contributed by atoms with Gasteiger partial charge in [0, 0.05) is 0 Å². The predicted octanol–water partition coefficient (Wildman–Crippen LogP) is 1.44. The summed E-state index contributed by atoms with van der Waals surface area (Å²) < 4.78 is 5.27. The number of nitrogens with zero attached hydrogens (tertiary/aromatic N) is 1. The van der Waals surface area contributed by atoms with Gasteiger partial charge in [0.05, 0.1) is 12.8 Å². The lowest BCUT2D eigenvalue weighted by Gasteiger charge is -2.43. The molecular weight excluding hydrogens is 244 g/mol. The van der Waals surface area contributed by atoms with E-state index in [1.165, 1.54) is 0 Å². The average molecular weight is 262 g/mol. The molecule has 0 radical (unpaired) electrons. The quantitative estimate of drug-likeness (QED) is 0.877. The second-order valence-corrected chi connectivity index (χ2v) is 5.43. The molecular formula is C14H18N2O3. The third-order valence-electron chi connectivity index (χ3n) is 4.04. The zero-order valence-electron chi connectivity index (χ0n) is 10.9. The number of hydrogen-bond acceptors (Lipinski definition) is 3. The van der Waals surface area contributed by atoms with Crippen LogP contribution < -0.4 is 5.32 Å². The van der Waals surface area contributed by atoms with Gasteiger partial charge in [-0.1, -0.05) is 19.3 Å². The van der Waals surface area contributed by atoms with Crippen LogP contribution in [0.5, 0.6) is 0 Å². The maximum atomic E-state index is 12.6. The van der Waals surface area contributed by atoms with E-state index in [1.807, 2.05) is 6.07 Å². The molecule has 1 aromatic heterocycles. The number of nitrogens with one attached hydrogen (secondary N) is 1. The molecule has 1 saturated carbocycles. The number of amides is 2. The molecule has 102 valence electrons. The van der Waals surface area contributed by atoms with E-state index in [0.717, 1.165) is 32.1 Å². The largest absolute Gasteiger partial charge is 0.467 e. The highest BCUT2D eigenvalue weighted by Crippen LogP contribution is 2.32. The van der Waals surface area contributed by atoms with Crippen LogP contribution in [0.1, 0.15) is 37.9 Å². The van der Waals surface area contributed by atoms with E-state index in [2.05, 4.69) is 5.32 Å². The minimum Gasteiger partial charge on any atom is -0.467 e. The van der Waals surface area contributed by atoms with Crippen LogP contribution in [0.25, 0.3) is 0 Å². The molecule has 1 saturated heterocycles. The molecule has 2 aliphatic rings. The van der Waals surface area contributed by atoms with Crippen LogP contribution in [0.3, 0.4) is 0 Å². The molecule has 1 aliphatic carbocycles. The summed E-state index contributed by atoms with van der Waals surface area (Å²) in [4.78, 5) is 26.1. The minimum atomic E-state index is -0.653. The SMILES string of the molecule is O=C1CN(Cc2ccco2)C(=O)C2(CCCCC2)N1. The van der Waals surface area contributed by atoms with Crippen molar-refractivity contribution in [3.05, 3.63) is 24.2 Å². The lowest BCUT2D eigenvalue weighted by Crippen LogP contribution is -2.66. The van der Waals surface area contributed by atoms with Gasteiger partial charge in [-0.05, 0) is 25.0 Å². The summed E-state index contributed by atoms with van der Waals surface area (Å²) in [6.45, 7) is 0.502. The summed E-state index contributed by atoms with van der Waals surface area (Å²) in [5, 5.41) is 2.93. The van der Waals surface area contributed by atoms with E-state index in [-0.39, 0.29) is 18.4 Å². The van der Waals surface area contributed by atoms with Gasteiger partial charge in [0.15, 0.2) is 0 Å². The normalized spacial score (nSPS) is 22.6. The van der Waals surface area contributed by atoms with Gasteiger partial charge in [0.25, 0.3) is 0 Å². The third kappa shape index (κ3) is 2.25. The van der Waals surface area contributed by atoms with Gasteiger partial charge in [-0.25, -0.2) is 0 Å². The van der Waals surface area contributed by atoms with Crippen molar-refractivity contribution < 1.29 is 14.0 Å². The first-order valence-corrected chi connectivity index (χ1v) is 6.82. The molecule has 19 heavy (non-hydrogen) atoms. The van der Waals surface area contributed by atoms with Crippen LogP contribution in [0.2, 0.25) is 0 Å². The first-order chi connectivity index (χ1) is 9.20. The van der Waals surface area contributed by atoms with Crippen molar-refractivity contribution in [3.8, 4) is 0 Å². The van der Waals surface area contributed by atoms with E-state index in [9.17, 15) is 9.59 Å². The first-order valence-electron chi connectivity index (χ1n) is 6.82. The predicted molar refractivity (Wildman–Crippen MR) is 68.1 cm³/mol. The zero-order valence-corrected chi connectivity index (χ0v) is 10.9. The second-order valence-electron chi connectivity index (χ2n) is 5.43. The van der Waals surface area contributed by atoms with Gasteiger partial charge in [0.2, 0.25) is 11.8 Å². The Kier molecular flexibility index (Phi) is 3.05. The molecule has 1 aliphatic heterocycles. The molecule has 2 heterocycles. The number of carbonyl (C=O) groups is 2. The van der Waals surface area contributed by atoms with Crippen molar-refractivity contribution in [3.63, 3.8) is 0 Å². The van der Waals surface area contributed by atoms with E-state index in [0.29, 0.717) is 12.3 Å². The highest BCUT2D eigenvalue weighted by molar-refractivity contribution is 5.98. The second kappa shape index (κ2) is 4.72. The lowest BCUT2D eigenvalue weighted by molar-refractivity contribution is -0.152. The van der Waals surface area contributed by atoms with E-state index >= 15 is 0 Å². The Morgan fingerprint density at radius 3 is 2.74 bits per heavy atom. The number of furan rings is 1. The Morgan fingerprint density at radius 1 is 1.26 bits per heavy atom. The Morgan fingerprint density at radius 2 is 2.05 bits per heavy atom. The van der Waals surface area contributed by atoms with E-state index in [1.54, 1.807) is 17.2 Å². The standard InChI is InChI=1S/C14H18N2O3/c17-12-10-16(9-11-5-4-8-19-11)13(18)14(15-12)6-2-1-3-7-14/h4-5,8H,1-3,6-7,9-10H2,(H,15,17). The lowest BCUT2D eigenvalue weighted by atomic mass is 9.79. The molecule has 5 heteroatoms. The number of piperazine rings is 1. The molecule has 1 aromatic rings. The summed E-state index contributed by atoms with van der Waals surface area (Å²) in [5.41, 5.74) is -0.653.